The van der Waals surface area contributed by atoms with Crippen LogP contribution in [0.4, 0.5) is 5.69 Å². The van der Waals surface area contributed by atoms with Crippen LogP contribution in [0.1, 0.15) is 65.9 Å². The minimum Gasteiger partial charge on any atom is -0.326 e. The Bertz CT molecular complexity index is 538. The van der Waals surface area contributed by atoms with Gasteiger partial charge in [-0.25, -0.2) is 0 Å². The largest absolute Gasteiger partial charge is 0.326 e. The van der Waals surface area contributed by atoms with Crippen molar-refractivity contribution in [3.8, 4) is 0 Å². The van der Waals surface area contributed by atoms with Crippen LogP contribution in [0.15, 0.2) is 18.2 Å². The number of anilines is 1. The Morgan fingerprint density at radius 1 is 1.04 bits per heavy atom. The number of rotatable bonds is 9. The van der Waals surface area contributed by atoms with Gasteiger partial charge in [-0.3, -0.25) is 9.59 Å². The number of carbonyl (C=O) groups excluding carboxylic acids is 2. The lowest BCUT2D eigenvalue weighted by Gasteiger charge is -2.14. The molecular weight excluding hydrogens is 286 g/mol. The first-order valence-corrected chi connectivity index (χ1v) is 8.75. The number of amides is 1. The van der Waals surface area contributed by atoms with Gasteiger partial charge in [0, 0.05) is 25.4 Å². The van der Waals surface area contributed by atoms with Crippen LogP contribution in [-0.2, 0) is 16.0 Å². The van der Waals surface area contributed by atoms with Crippen molar-refractivity contribution in [1.82, 2.24) is 0 Å². The number of aryl methyl sites for hydroxylation is 1. The van der Waals surface area contributed by atoms with Gasteiger partial charge in [0.15, 0.2) is 0 Å². The van der Waals surface area contributed by atoms with Gasteiger partial charge in [-0.05, 0) is 43.4 Å². The maximum absolute atomic E-state index is 11.9. The first-order chi connectivity index (χ1) is 10.8. The molecule has 0 bridgehead atoms. The Hall–Kier alpha value is -1.64. The summed E-state index contributed by atoms with van der Waals surface area (Å²) in [6, 6.07) is 6.08. The highest BCUT2D eigenvalue weighted by Crippen LogP contribution is 2.21. The van der Waals surface area contributed by atoms with Crippen LogP contribution in [0.2, 0.25) is 0 Å². The van der Waals surface area contributed by atoms with Gasteiger partial charge in [-0.1, -0.05) is 46.2 Å². The lowest BCUT2D eigenvalue weighted by atomic mass is 9.98. The zero-order chi connectivity index (χ0) is 17.4. The quantitative estimate of drug-likeness (QED) is 0.639. The first kappa shape index (κ1) is 19.4. The minimum atomic E-state index is -0.0171. The molecule has 1 aromatic rings. The van der Waals surface area contributed by atoms with Gasteiger partial charge in [-0.15, -0.1) is 0 Å². The Kier molecular flexibility index (Phi) is 8.01. The van der Waals surface area contributed by atoms with E-state index in [1.807, 2.05) is 39.8 Å². The Morgan fingerprint density at radius 3 is 2.35 bits per heavy atom. The molecule has 0 spiro atoms. The standard InChI is InChI=1S/C20H31NO2.H2/c1-14(2)19(22)13-8-6-7-10-17-11-9-12-18(16(17)5)21-20(23)15(3)4;/h9,11-12,14-15H,6-8,10,13H2,1-5H3,(H,21,23);1H. The fourth-order valence-corrected chi connectivity index (χ4v) is 2.45. The highest BCUT2D eigenvalue weighted by molar-refractivity contribution is 5.92. The van der Waals surface area contributed by atoms with Gasteiger partial charge in [0.2, 0.25) is 5.91 Å². The van der Waals surface area contributed by atoms with E-state index in [-0.39, 0.29) is 19.2 Å². The van der Waals surface area contributed by atoms with Gasteiger partial charge in [-0.2, -0.15) is 0 Å². The summed E-state index contributed by atoms with van der Waals surface area (Å²) in [6.45, 7) is 9.78. The van der Waals surface area contributed by atoms with Crippen LogP contribution < -0.4 is 5.32 Å². The van der Waals surface area contributed by atoms with E-state index in [1.165, 1.54) is 5.56 Å². The summed E-state index contributed by atoms with van der Waals surface area (Å²) in [5.74, 6) is 0.548. The number of hydrogen-bond acceptors (Lipinski definition) is 2. The third kappa shape index (κ3) is 6.55. The van der Waals surface area contributed by atoms with E-state index in [0.717, 1.165) is 36.9 Å². The molecule has 3 nitrogen and oxygen atoms in total. The predicted molar refractivity (Wildman–Crippen MR) is 98.8 cm³/mol. The molecule has 130 valence electrons. The molecule has 0 aliphatic carbocycles. The van der Waals surface area contributed by atoms with E-state index < -0.39 is 0 Å². The molecule has 0 fully saturated rings. The van der Waals surface area contributed by atoms with Crippen molar-refractivity contribution >= 4 is 17.4 Å². The molecule has 0 aliphatic heterocycles. The molecule has 0 saturated heterocycles. The summed E-state index contributed by atoms with van der Waals surface area (Å²) in [6.07, 6.45) is 4.81. The number of ketones is 1. The third-order valence-corrected chi connectivity index (χ3v) is 4.24. The van der Waals surface area contributed by atoms with Crippen LogP contribution in [0.25, 0.3) is 0 Å². The van der Waals surface area contributed by atoms with Crippen molar-refractivity contribution in [2.24, 2.45) is 11.8 Å². The van der Waals surface area contributed by atoms with Crippen molar-refractivity contribution in [2.45, 2.75) is 66.7 Å². The minimum absolute atomic E-state index is 0. The summed E-state index contributed by atoms with van der Waals surface area (Å²) >= 11 is 0. The Morgan fingerprint density at radius 2 is 1.74 bits per heavy atom. The summed E-state index contributed by atoms with van der Waals surface area (Å²) in [5, 5.41) is 3.00. The summed E-state index contributed by atoms with van der Waals surface area (Å²) in [5.41, 5.74) is 3.35. The summed E-state index contributed by atoms with van der Waals surface area (Å²) in [7, 11) is 0. The lowest BCUT2D eigenvalue weighted by molar-refractivity contribution is -0.122. The molecule has 1 aromatic carbocycles. The predicted octanol–water partition coefficient (Wildman–Crippen LogP) is 5.16. The molecule has 0 aliphatic rings. The van der Waals surface area contributed by atoms with Crippen molar-refractivity contribution in [3.05, 3.63) is 29.3 Å². The second-order valence-corrected chi connectivity index (χ2v) is 6.92. The third-order valence-electron chi connectivity index (χ3n) is 4.24. The van der Waals surface area contributed by atoms with E-state index in [4.69, 9.17) is 0 Å². The van der Waals surface area contributed by atoms with Crippen molar-refractivity contribution in [3.63, 3.8) is 0 Å². The number of benzene rings is 1. The molecular formula is C20H33NO2. The maximum Gasteiger partial charge on any atom is 0.226 e. The van der Waals surface area contributed by atoms with Gasteiger partial charge < -0.3 is 5.32 Å². The van der Waals surface area contributed by atoms with Crippen LogP contribution in [-0.4, -0.2) is 11.7 Å². The summed E-state index contributed by atoms with van der Waals surface area (Å²) in [4.78, 5) is 23.4. The number of hydrogen-bond donors (Lipinski definition) is 1. The second-order valence-electron chi connectivity index (χ2n) is 6.92. The number of nitrogens with one attached hydrogen (secondary N) is 1. The second kappa shape index (κ2) is 9.49. The highest BCUT2D eigenvalue weighted by atomic mass is 16.1. The van der Waals surface area contributed by atoms with Gasteiger partial charge in [0.05, 0.1) is 0 Å². The first-order valence-electron chi connectivity index (χ1n) is 8.75. The van der Waals surface area contributed by atoms with Crippen LogP contribution in [0, 0.1) is 18.8 Å². The van der Waals surface area contributed by atoms with Crippen LogP contribution >= 0.6 is 0 Å². The molecule has 3 heteroatoms. The maximum atomic E-state index is 11.9. The highest BCUT2D eigenvalue weighted by Gasteiger charge is 2.11. The Labute approximate surface area is 142 Å². The van der Waals surface area contributed by atoms with E-state index in [9.17, 15) is 9.59 Å². The molecule has 0 saturated carbocycles. The van der Waals surface area contributed by atoms with Gasteiger partial charge in [0.1, 0.15) is 5.78 Å². The number of Topliss-reactive ketones (excluding diaryl/α,β-unsaturated/α-hetero) is 1. The fourth-order valence-electron chi connectivity index (χ4n) is 2.45. The molecule has 0 heterocycles. The molecule has 0 radical (unpaired) electrons. The fraction of sp³-hybridized carbons (Fsp3) is 0.600. The number of carbonyl (C=O) groups is 2. The SMILES string of the molecule is Cc1c(CCCCCC(=O)C(C)C)cccc1NC(=O)C(C)C.[HH]. The van der Waals surface area contributed by atoms with Crippen LogP contribution in [0.3, 0.4) is 0 Å². The molecule has 1 rings (SSSR count). The number of unbranched alkanes of at least 4 members (excludes halogenated alkanes) is 2. The van der Waals surface area contributed by atoms with E-state index in [2.05, 4.69) is 18.3 Å². The monoisotopic (exact) mass is 319 g/mol. The molecule has 0 unspecified atom stereocenters. The van der Waals surface area contributed by atoms with Crippen molar-refractivity contribution in [2.75, 3.05) is 5.32 Å². The van der Waals surface area contributed by atoms with E-state index in [0.29, 0.717) is 12.2 Å². The smallest absolute Gasteiger partial charge is 0.226 e. The van der Waals surface area contributed by atoms with Crippen LogP contribution in [0.5, 0.6) is 0 Å². The molecule has 1 N–H and O–H groups in total. The van der Waals surface area contributed by atoms with Crippen molar-refractivity contribution in [1.29, 1.82) is 0 Å². The summed E-state index contributed by atoms with van der Waals surface area (Å²) < 4.78 is 0. The topological polar surface area (TPSA) is 46.2 Å². The zero-order valence-corrected chi connectivity index (χ0v) is 15.2. The average Bonchev–Trinajstić information content (AvgIpc) is 2.49. The van der Waals surface area contributed by atoms with E-state index in [1.54, 1.807) is 0 Å². The molecule has 1 amide bonds. The van der Waals surface area contributed by atoms with Gasteiger partial charge >= 0.3 is 0 Å². The van der Waals surface area contributed by atoms with Crippen molar-refractivity contribution < 1.29 is 11.0 Å². The van der Waals surface area contributed by atoms with E-state index >= 15 is 0 Å². The Balaban J connectivity index is 0.00000529. The van der Waals surface area contributed by atoms with Gasteiger partial charge in [0.25, 0.3) is 0 Å². The lowest BCUT2D eigenvalue weighted by Crippen LogP contribution is -2.18. The molecule has 0 atom stereocenters. The normalized spacial score (nSPS) is 11.1. The molecule has 23 heavy (non-hydrogen) atoms. The average molecular weight is 319 g/mol. The zero-order valence-electron chi connectivity index (χ0n) is 15.2. The molecule has 0 aromatic heterocycles.